The molecule has 0 aliphatic rings. The van der Waals surface area contributed by atoms with Crippen LogP contribution >= 0.6 is 15.9 Å². The molecule has 0 aliphatic carbocycles. The monoisotopic (exact) mass is 330 g/mol. The van der Waals surface area contributed by atoms with Crippen LogP contribution in [-0.4, -0.2) is 12.0 Å². The molecule has 0 aliphatic heterocycles. The fraction of sp³-hybridized carbons (Fsp3) is 0.154. The Bertz CT molecular complexity index is 597. The summed E-state index contributed by atoms with van der Waals surface area (Å²) in [5, 5.41) is 2.64. The number of nitrogens with zero attached hydrogens (tertiary/aromatic N) is 1. The highest BCUT2D eigenvalue weighted by molar-refractivity contribution is 9.10. The summed E-state index contributed by atoms with van der Waals surface area (Å²) in [7, 11) is 1.53. The van der Waals surface area contributed by atoms with Gasteiger partial charge in [0.15, 0.2) is 0 Å². The Morgan fingerprint density at radius 3 is 2.42 bits per heavy atom. The molecule has 1 heterocycles. The smallest absolute Gasteiger partial charge is 0.373 e. The van der Waals surface area contributed by atoms with Gasteiger partial charge in [0.2, 0.25) is 0 Å². The maximum absolute atomic E-state index is 12.8. The Labute approximate surface area is 116 Å². The number of alkyl halides is 3. The Morgan fingerprint density at radius 2 is 1.84 bits per heavy atom. The minimum atomic E-state index is -4.40. The first-order chi connectivity index (χ1) is 8.91. The molecule has 6 heteroatoms. The summed E-state index contributed by atoms with van der Waals surface area (Å²) in [6.45, 7) is 0. The maximum atomic E-state index is 12.8. The van der Waals surface area contributed by atoms with E-state index in [1.54, 1.807) is 24.3 Å². The number of halogens is 4. The van der Waals surface area contributed by atoms with E-state index in [-0.39, 0.29) is 11.5 Å². The number of pyridine rings is 1. The molecular formula is C13H10BrF3N2. The van der Waals surface area contributed by atoms with E-state index in [1.165, 1.54) is 7.05 Å². The van der Waals surface area contributed by atoms with E-state index in [0.29, 0.717) is 10.0 Å². The second-order valence-electron chi connectivity index (χ2n) is 3.85. The van der Waals surface area contributed by atoms with E-state index in [1.807, 2.05) is 0 Å². The third-order valence-corrected chi connectivity index (χ3v) is 3.25. The van der Waals surface area contributed by atoms with Gasteiger partial charge in [-0.15, -0.1) is 0 Å². The molecule has 0 radical (unpaired) electrons. The Balaban J connectivity index is 2.61. The van der Waals surface area contributed by atoms with Gasteiger partial charge in [-0.05, 0) is 18.2 Å². The second kappa shape index (κ2) is 5.21. The highest BCUT2D eigenvalue weighted by Gasteiger charge is 2.31. The molecule has 0 saturated heterocycles. The molecule has 0 bridgehead atoms. The van der Waals surface area contributed by atoms with E-state index in [4.69, 9.17) is 0 Å². The molecule has 2 nitrogen and oxygen atoms in total. The second-order valence-corrected chi connectivity index (χ2v) is 4.71. The van der Waals surface area contributed by atoms with E-state index < -0.39 is 11.7 Å². The molecule has 19 heavy (non-hydrogen) atoms. The third kappa shape index (κ3) is 3.07. The van der Waals surface area contributed by atoms with E-state index in [2.05, 4.69) is 26.2 Å². The van der Waals surface area contributed by atoms with Crippen LogP contribution in [0.3, 0.4) is 0 Å². The van der Waals surface area contributed by atoms with Gasteiger partial charge in [-0.3, -0.25) is 0 Å². The number of aromatic nitrogens is 1. The van der Waals surface area contributed by atoms with Crippen LogP contribution in [-0.2, 0) is 6.18 Å². The number of hydrogen-bond donors (Lipinski definition) is 1. The van der Waals surface area contributed by atoms with Crippen molar-refractivity contribution in [2.75, 3.05) is 12.4 Å². The lowest BCUT2D eigenvalue weighted by atomic mass is 10.1. The molecule has 0 amide bonds. The summed E-state index contributed by atoms with van der Waals surface area (Å²) in [5.74, 6) is 0.181. The molecule has 100 valence electrons. The van der Waals surface area contributed by atoms with Gasteiger partial charge in [0.05, 0.1) is 11.3 Å². The fourth-order valence-corrected chi connectivity index (χ4v) is 2.12. The molecule has 1 aromatic heterocycles. The van der Waals surface area contributed by atoms with E-state index in [0.717, 1.165) is 12.1 Å². The summed E-state index contributed by atoms with van der Waals surface area (Å²) in [5.41, 5.74) is 0.161. The predicted octanol–water partition coefficient (Wildman–Crippen LogP) is 4.57. The minimum absolute atomic E-state index is 0.181. The average Bonchev–Trinajstić information content (AvgIpc) is 2.37. The molecule has 2 rings (SSSR count). The number of anilines is 1. The largest absolute Gasteiger partial charge is 0.416 e. The van der Waals surface area contributed by atoms with Crippen LogP contribution in [0.4, 0.5) is 19.0 Å². The van der Waals surface area contributed by atoms with Crippen molar-refractivity contribution < 1.29 is 13.2 Å². The van der Waals surface area contributed by atoms with Gasteiger partial charge < -0.3 is 5.32 Å². The van der Waals surface area contributed by atoms with Crippen molar-refractivity contribution in [1.82, 2.24) is 4.98 Å². The van der Waals surface area contributed by atoms with Crippen molar-refractivity contribution in [2.45, 2.75) is 6.18 Å². The first-order valence-electron chi connectivity index (χ1n) is 5.44. The van der Waals surface area contributed by atoms with Crippen LogP contribution in [0.2, 0.25) is 0 Å². The molecular weight excluding hydrogens is 321 g/mol. The van der Waals surface area contributed by atoms with Crippen LogP contribution < -0.4 is 5.32 Å². The Morgan fingerprint density at radius 1 is 1.16 bits per heavy atom. The van der Waals surface area contributed by atoms with Crippen LogP contribution in [0.15, 0.2) is 40.9 Å². The summed E-state index contributed by atoms with van der Waals surface area (Å²) in [4.78, 5) is 4.16. The van der Waals surface area contributed by atoms with Gasteiger partial charge in [-0.2, -0.15) is 13.2 Å². The first-order valence-corrected chi connectivity index (χ1v) is 6.23. The normalized spacial score (nSPS) is 11.4. The molecule has 1 N–H and O–H groups in total. The average molecular weight is 331 g/mol. The third-order valence-electron chi connectivity index (χ3n) is 2.56. The number of hydrogen-bond acceptors (Lipinski definition) is 2. The quantitative estimate of drug-likeness (QED) is 0.872. The molecule has 2 aromatic rings. The van der Waals surface area contributed by atoms with Gasteiger partial charge in [0.25, 0.3) is 0 Å². The number of benzene rings is 1. The van der Waals surface area contributed by atoms with Crippen LogP contribution in [0, 0.1) is 0 Å². The lowest BCUT2D eigenvalue weighted by Gasteiger charge is -2.12. The van der Waals surface area contributed by atoms with Crippen molar-refractivity contribution in [3.63, 3.8) is 0 Å². The standard InChI is InChI=1S/C13H10BrF3N2/c1-18-12-7-8(13(15,16)17)6-11(19-12)9-4-2-3-5-10(9)14/h2-7H,1H3,(H,18,19). The molecule has 0 fully saturated rings. The van der Waals surface area contributed by atoms with Crippen LogP contribution in [0.5, 0.6) is 0 Å². The molecule has 1 aromatic carbocycles. The summed E-state index contributed by atoms with van der Waals surface area (Å²) in [6, 6.07) is 9.05. The fourth-order valence-electron chi connectivity index (χ4n) is 1.63. The minimum Gasteiger partial charge on any atom is -0.373 e. The zero-order valence-electron chi connectivity index (χ0n) is 9.92. The highest BCUT2D eigenvalue weighted by atomic mass is 79.9. The lowest BCUT2D eigenvalue weighted by molar-refractivity contribution is -0.137. The predicted molar refractivity (Wildman–Crippen MR) is 71.9 cm³/mol. The Hall–Kier alpha value is -1.56. The van der Waals surface area contributed by atoms with Crippen molar-refractivity contribution in [3.05, 3.63) is 46.4 Å². The molecule has 0 saturated carbocycles. The van der Waals surface area contributed by atoms with Crippen LogP contribution in [0.1, 0.15) is 5.56 Å². The summed E-state index contributed by atoms with van der Waals surface area (Å²) in [6.07, 6.45) is -4.40. The molecule has 0 spiro atoms. The van der Waals surface area contributed by atoms with E-state index in [9.17, 15) is 13.2 Å². The zero-order valence-corrected chi connectivity index (χ0v) is 11.5. The summed E-state index contributed by atoms with van der Waals surface area (Å²) >= 11 is 3.31. The number of rotatable bonds is 2. The van der Waals surface area contributed by atoms with Gasteiger partial charge in [-0.25, -0.2) is 4.98 Å². The van der Waals surface area contributed by atoms with Gasteiger partial charge >= 0.3 is 6.18 Å². The topological polar surface area (TPSA) is 24.9 Å². The highest BCUT2D eigenvalue weighted by Crippen LogP contribution is 2.35. The van der Waals surface area contributed by atoms with Crippen molar-refractivity contribution >= 4 is 21.7 Å². The van der Waals surface area contributed by atoms with E-state index >= 15 is 0 Å². The molecule has 0 atom stereocenters. The Kier molecular flexibility index (Phi) is 3.80. The zero-order chi connectivity index (χ0) is 14.0. The van der Waals surface area contributed by atoms with Crippen LogP contribution in [0.25, 0.3) is 11.3 Å². The molecule has 0 unspecified atom stereocenters. The van der Waals surface area contributed by atoms with Crippen molar-refractivity contribution in [2.24, 2.45) is 0 Å². The van der Waals surface area contributed by atoms with Crippen molar-refractivity contribution in [1.29, 1.82) is 0 Å². The van der Waals surface area contributed by atoms with Gasteiger partial charge in [-0.1, -0.05) is 34.1 Å². The number of nitrogens with one attached hydrogen (secondary N) is 1. The van der Waals surface area contributed by atoms with Crippen molar-refractivity contribution in [3.8, 4) is 11.3 Å². The maximum Gasteiger partial charge on any atom is 0.416 e. The SMILES string of the molecule is CNc1cc(C(F)(F)F)cc(-c2ccccc2Br)n1. The lowest BCUT2D eigenvalue weighted by Crippen LogP contribution is -2.07. The van der Waals surface area contributed by atoms with Gasteiger partial charge in [0, 0.05) is 17.1 Å². The summed E-state index contributed by atoms with van der Waals surface area (Å²) < 4.78 is 39.2. The van der Waals surface area contributed by atoms with Gasteiger partial charge in [0.1, 0.15) is 5.82 Å². The first kappa shape index (κ1) is 13.9.